The molecule has 0 saturated heterocycles. The molecule has 116 valence electrons. The fraction of sp³-hybridized carbons (Fsp3) is 0.267. The fourth-order valence-electron chi connectivity index (χ4n) is 1.94. The van der Waals surface area contributed by atoms with Gasteiger partial charge in [0.05, 0.1) is 16.7 Å². The molecular weight excluding hydrogens is 325 g/mol. The first-order valence-corrected chi connectivity index (χ1v) is 7.41. The maximum Gasteiger partial charge on any atom is 0.274 e. The molecule has 0 aliphatic heterocycles. The van der Waals surface area contributed by atoms with Crippen LogP contribution in [0.2, 0.25) is 10.0 Å². The van der Waals surface area contributed by atoms with Crippen LogP contribution >= 0.6 is 23.2 Å². The van der Waals surface area contributed by atoms with Crippen molar-refractivity contribution >= 4 is 34.8 Å². The van der Waals surface area contributed by atoms with Crippen LogP contribution < -0.4 is 10.1 Å². The van der Waals surface area contributed by atoms with Crippen LogP contribution in [0.15, 0.2) is 18.2 Å². The minimum Gasteiger partial charge on any atom is -0.491 e. The van der Waals surface area contributed by atoms with E-state index in [4.69, 9.17) is 27.9 Å². The van der Waals surface area contributed by atoms with Gasteiger partial charge in [0.25, 0.3) is 5.91 Å². The van der Waals surface area contributed by atoms with Gasteiger partial charge in [-0.25, -0.2) is 9.97 Å². The summed E-state index contributed by atoms with van der Waals surface area (Å²) in [5.41, 5.74) is 1.48. The Morgan fingerprint density at radius 3 is 2.36 bits per heavy atom. The Hall–Kier alpha value is -1.85. The number of anilines is 1. The van der Waals surface area contributed by atoms with Gasteiger partial charge < -0.3 is 10.1 Å². The number of nitrogens with one attached hydrogen (secondary N) is 1. The third-order valence-electron chi connectivity index (χ3n) is 2.74. The second kappa shape index (κ2) is 6.94. The standard InChI is InChI=1S/C15H15Cl2N3O2/c1-4-22-14-11(16)6-10(7-12(14)17)20-15(21)13-5-8(2)18-9(3)19-13/h5-7H,4H2,1-3H3,(H,20,21). The first kappa shape index (κ1) is 16.5. The molecule has 2 rings (SSSR count). The van der Waals surface area contributed by atoms with Crippen molar-refractivity contribution in [2.24, 2.45) is 0 Å². The summed E-state index contributed by atoms with van der Waals surface area (Å²) in [7, 11) is 0. The minimum atomic E-state index is -0.357. The predicted molar refractivity (Wildman–Crippen MR) is 87.1 cm³/mol. The summed E-state index contributed by atoms with van der Waals surface area (Å²) in [4.78, 5) is 20.5. The van der Waals surface area contributed by atoms with Gasteiger partial charge in [0.1, 0.15) is 11.5 Å². The van der Waals surface area contributed by atoms with Gasteiger partial charge in [0, 0.05) is 11.4 Å². The second-order valence-corrected chi connectivity index (χ2v) is 5.41. The summed E-state index contributed by atoms with van der Waals surface area (Å²) in [6.07, 6.45) is 0. The number of hydrogen-bond donors (Lipinski definition) is 1. The van der Waals surface area contributed by atoms with Crippen LogP contribution in [0.1, 0.15) is 28.9 Å². The molecular formula is C15H15Cl2N3O2. The molecule has 1 N–H and O–H groups in total. The van der Waals surface area contributed by atoms with Crippen molar-refractivity contribution in [2.45, 2.75) is 20.8 Å². The number of carbonyl (C=O) groups is 1. The van der Waals surface area contributed by atoms with E-state index in [0.717, 1.165) is 5.69 Å². The third-order valence-corrected chi connectivity index (χ3v) is 3.30. The molecule has 2 aromatic rings. The second-order valence-electron chi connectivity index (χ2n) is 4.60. The lowest BCUT2D eigenvalue weighted by molar-refractivity contribution is 0.102. The summed E-state index contributed by atoms with van der Waals surface area (Å²) >= 11 is 12.2. The monoisotopic (exact) mass is 339 g/mol. The molecule has 0 atom stereocenters. The Morgan fingerprint density at radius 2 is 1.82 bits per heavy atom. The molecule has 0 bridgehead atoms. The maximum atomic E-state index is 12.2. The zero-order chi connectivity index (χ0) is 16.3. The van der Waals surface area contributed by atoms with E-state index in [1.165, 1.54) is 0 Å². The number of carbonyl (C=O) groups excluding carboxylic acids is 1. The summed E-state index contributed by atoms with van der Waals surface area (Å²) in [6.45, 7) is 5.82. The van der Waals surface area contributed by atoms with Crippen LogP contribution in [0.25, 0.3) is 0 Å². The Bertz CT molecular complexity index is 677. The normalized spacial score (nSPS) is 10.4. The Labute approximate surface area is 138 Å². The highest BCUT2D eigenvalue weighted by Crippen LogP contribution is 2.36. The lowest BCUT2D eigenvalue weighted by atomic mass is 10.2. The smallest absolute Gasteiger partial charge is 0.274 e. The lowest BCUT2D eigenvalue weighted by Gasteiger charge is -2.11. The molecule has 22 heavy (non-hydrogen) atoms. The minimum absolute atomic E-state index is 0.283. The van der Waals surface area contributed by atoms with Crippen molar-refractivity contribution in [3.05, 3.63) is 45.5 Å². The van der Waals surface area contributed by atoms with Crippen LogP contribution in [0.5, 0.6) is 5.75 Å². The van der Waals surface area contributed by atoms with E-state index in [1.807, 2.05) is 6.92 Å². The molecule has 1 amide bonds. The van der Waals surface area contributed by atoms with Crippen molar-refractivity contribution in [1.29, 1.82) is 0 Å². The van der Waals surface area contributed by atoms with Gasteiger partial charge in [-0.15, -0.1) is 0 Å². The van der Waals surface area contributed by atoms with Crippen LogP contribution in [-0.4, -0.2) is 22.5 Å². The van der Waals surface area contributed by atoms with E-state index in [1.54, 1.807) is 32.0 Å². The number of amides is 1. The van der Waals surface area contributed by atoms with E-state index in [0.29, 0.717) is 33.9 Å². The van der Waals surface area contributed by atoms with Gasteiger partial charge in [-0.3, -0.25) is 4.79 Å². The number of aryl methyl sites for hydroxylation is 2. The van der Waals surface area contributed by atoms with Crippen molar-refractivity contribution < 1.29 is 9.53 Å². The molecule has 0 radical (unpaired) electrons. The Balaban J connectivity index is 2.25. The molecule has 0 saturated carbocycles. The van der Waals surface area contributed by atoms with Gasteiger partial charge in [-0.1, -0.05) is 23.2 Å². The molecule has 1 aromatic heterocycles. The first-order chi connectivity index (χ1) is 10.4. The molecule has 0 unspecified atom stereocenters. The third kappa shape index (κ3) is 3.87. The van der Waals surface area contributed by atoms with Crippen molar-refractivity contribution in [1.82, 2.24) is 9.97 Å². The number of halogens is 2. The number of ether oxygens (including phenoxy) is 1. The molecule has 0 fully saturated rings. The molecule has 5 nitrogen and oxygen atoms in total. The zero-order valence-corrected chi connectivity index (χ0v) is 13.9. The van der Waals surface area contributed by atoms with Gasteiger partial charge >= 0.3 is 0 Å². The molecule has 7 heteroatoms. The van der Waals surface area contributed by atoms with E-state index in [9.17, 15) is 4.79 Å². The van der Waals surface area contributed by atoms with Crippen LogP contribution in [0.4, 0.5) is 5.69 Å². The Morgan fingerprint density at radius 1 is 1.18 bits per heavy atom. The summed E-state index contributed by atoms with van der Waals surface area (Å²) < 4.78 is 5.35. The number of hydrogen-bond acceptors (Lipinski definition) is 4. The van der Waals surface area contributed by atoms with Crippen molar-refractivity contribution in [3.8, 4) is 5.75 Å². The van der Waals surface area contributed by atoms with Crippen molar-refractivity contribution in [3.63, 3.8) is 0 Å². The lowest BCUT2D eigenvalue weighted by Crippen LogP contribution is -2.15. The quantitative estimate of drug-likeness (QED) is 0.912. The van der Waals surface area contributed by atoms with Gasteiger partial charge in [-0.2, -0.15) is 0 Å². The van der Waals surface area contributed by atoms with E-state index in [-0.39, 0.29) is 11.6 Å². The summed E-state index contributed by atoms with van der Waals surface area (Å²) in [5, 5.41) is 3.38. The van der Waals surface area contributed by atoms with E-state index < -0.39 is 0 Å². The summed E-state index contributed by atoms with van der Waals surface area (Å²) in [5.74, 6) is 0.579. The predicted octanol–water partition coefficient (Wildman–Crippen LogP) is 4.05. The largest absolute Gasteiger partial charge is 0.491 e. The summed E-state index contributed by atoms with van der Waals surface area (Å²) in [6, 6.07) is 4.77. The maximum absolute atomic E-state index is 12.2. The van der Waals surface area contributed by atoms with Gasteiger partial charge in [-0.05, 0) is 39.0 Å². The number of benzene rings is 1. The first-order valence-electron chi connectivity index (χ1n) is 6.66. The Kier molecular flexibility index (Phi) is 5.21. The van der Waals surface area contributed by atoms with E-state index >= 15 is 0 Å². The zero-order valence-electron chi connectivity index (χ0n) is 12.4. The van der Waals surface area contributed by atoms with Crippen LogP contribution in [0.3, 0.4) is 0 Å². The highest BCUT2D eigenvalue weighted by atomic mass is 35.5. The number of nitrogens with zero attached hydrogens (tertiary/aromatic N) is 2. The molecule has 0 spiro atoms. The fourth-order valence-corrected chi connectivity index (χ4v) is 2.54. The molecule has 1 heterocycles. The highest BCUT2D eigenvalue weighted by molar-refractivity contribution is 6.37. The molecule has 1 aromatic carbocycles. The van der Waals surface area contributed by atoms with Gasteiger partial charge in [0.15, 0.2) is 5.75 Å². The van der Waals surface area contributed by atoms with Crippen molar-refractivity contribution in [2.75, 3.05) is 11.9 Å². The van der Waals surface area contributed by atoms with Gasteiger partial charge in [0.2, 0.25) is 0 Å². The number of rotatable bonds is 4. The average Bonchev–Trinajstić information content (AvgIpc) is 2.41. The SMILES string of the molecule is CCOc1c(Cl)cc(NC(=O)c2cc(C)nc(C)n2)cc1Cl. The highest BCUT2D eigenvalue weighted by Gasteiger charge is 2.13. The van der Waals surface area contributed by atoms with Crippen LogP contribution in [-0.2, 0) is 0 Å². The molecule has 0 aliphatic rings. The number of aromatic nitrogens is 2. The van der Waals surface area contributed by atoms with E-state index in [2.05, 4.69) is 15.3 Å². The van der Waals surface area contributed by atoms with Crippen LogP contribution in [0, 0.1) is 13.8 Å². The topological polar surface area (TPSA) is 64.1 Å². The average molecular weight is 340 g/mol. The molecule has 0 aliphatic carbocycles.